The minimum Gasteiger partial charge on any atom is -0.458 e. The van der Waals surface area contributed by atoms with Crippen molar-refractivity contribution in [1.29, 1.82) is 0 Å². The lowest BCUT2D eigenvalue weighted by Gasteiger charge is -2.32. The summed E-state index contributed by atoms with van der Waals surface area (Å²) in [6.07, 6.45) is 3.12. The van der Waals surface area contributed by atoms with Crippen molar-refractivity contribution >= 4 is 5.97 Å². The first-order valence-electron chi connectivity index (χ1n) is 5.54. The van der Waals surface area contributed by atoms with Crippen LogP contribution in [-0.4, -0.2) is 12.1 Å². The summed E-state index contributed by atoms with van der Waals surface area (Å²) in [7, 11) is 0. The Morgan fingerprint density at radius 2 is 2.27 bits per heavy atom. The van der Waals surface area contributed by atoms with Gasteiger partial charge >= 0.3 is 5.97 Å². The van der Waals surface area contributed by atoms with E-state index in [0.29, 0.717) is 11.8 Å². The molecule has 0 bridgehead atoms. The second kappa shape index (κ2) is 3.51. The Kier molecular flexibility index (Phi) is 2.45. The molecular weight excluding hydrogens is 188 g/mol. The minimum absolute atomic E-state index is 0.0112. The molecule has 2 heteroatoms. The molecular formula is C13H18O2. The van der Waals surface area contributed by atoms with Crippen molar-refractivity contribution < 1.29 is 9.53 Å². The first-order valence-corrected chi connectivity index (χ1v) is 5.54. The number of fused-ring (bicyclic) bond motifs is 1. The lowest BCUT2D eigenvalue weighted by molar-refractivity contribution is -0.142. The molecule has 0 spiro atoms. The number of hydrogen-bond donors (Lipinski definition) is 0. The Hall–Kier alpha value is -1.05. The number of esters is 1. The van der Waals surface area contributed by atoms with E-state index in [9.17, 15) is 4.79 Å². The summed E-state index contributed by atoms with van der Waals surface area (Å²) in [6, 6.07) is 0. The van der Waals surface area contributed by atoms with E-state index in [-0.39, 0.29) is 18.0 Å². The SMILES string of the molecule is C=C(C)[C@@H]1CC(C)=C[C@H]2OC(=O)[C@H](C)[C@H]21. The quantitative estimate of drug-likeness (QED) is 0.487. The molecule has 2 nitrogen and oxygen atoms in total. The second-order valence-electron chi connectivity index (χ2n) is 4.94. The van der Waals surface area contributed by atoms with Crippen molar-refractivity contribution in [3.63, 3.8) is 0 Å². The highest BCUT2D eigenvalue weighted by Gasteiger charge is 2.46. The largest absolute Gasteiger partial charge is 0.458 e. The van der Waals surface area contributed by atoms with Crippen LogP contribution in [0.4, 0.5) is 0 Å². The number of carbonyl (C=O) groups excluding carboxylic acids is 1. The van der Waals surface area contributed by atoms with Gasteiger partial charge in [0.15, 0.2) is 0 Å². The number of allylic oxidation sites excluding steroid dienone is 2. The highest BCUT2D eigenvalue weighted by Crippen LogP contribution is 2.43. The molecule has 0 N–H and O–H groups in total. The summed E-state index contributed by atoms with van der Waals surface area (Å²) in [5, 5.41) is 0. The van der Waals surface area contributed by atoms with E-state index in [1.807, 2.05) is 6.92 Å². The van der Waals surface area contributed by atoms with Gasteiger partial charge in [0.25, 0.3) is 0 Å². The molecule has 0 aromatic rings. The zero-order valence-electron chi connectivity index (χ0n) is 9.62. The fourth-order valence-electron chi connectivity index (χ4n) is 2.82. The van der Waals surface area contributed by atoms with Gasteiger partial charge < -0.3 is 4.74 Å². The molecule has 1 saturated heterocycles. The fourth-order valence-corrected chi connectivity index (χ4v) is 2.82. The zero-order valence-corrected chi connectivity index (χ0v) is 9.62. The highest BCUT2D eigenvalue weighted by atomic mass is 16.6. The van der Waals surface area contributed by atoms with Gasteiger partial charge in [-0.15, -0.1) is 0 Å². The molecule has 0 unspecified atom stereocenters. The van der Waals surface area contributed by atoms with Crippen molar-refractivity contribution in [2.24, 2.45) is 17.8 Å². The molecule has 4 atom stereocenters. The average molecular weight is 206 g/mol. The molecule has 1 aliphatic carbocycles. The molecule has 15 heavy (non-hydrogen) atoms. The molecule has 1 fully saturated rings. The smallest absolute Gasteiger partial charge is 0.309 e. The van der Waals surface area contributed by atoms with Gasteiger partial charge in [-0.05, 0) is 32.3 Å². The van der Waals surface area contributed by atoms with Crippen LogP contribution in [0, 0.1) is 17.8 Å². The molecule has 82 valence electrons. The van der Waals surface area contributed by atoms with E-state index in [0.717, 1.165) is 6.42 Å². The first-order chi connectivity index (χ1) is 7.00. The molecule has 1 aliphatic heterocycles. The molecule has 0 aromatic carbocycles. The summed E-state index contributed by atoms with van der Waals surface area (Å²) in [6.45, 7) is 10.2. The predicted molar refractivity (Wildman–Crippen MR) is 59.2 cm³/mol. The maximum absolute atomic E-state index is 11.5. The van der Waals surface area contributed by atoms with E-state index in [2.05, 4.69) is 26.5 Å². The van der Waals surface area contributed by atoms with E-state index >= 15 is 0 Å². The van der Waals surface area contributed by atoms with Gasteiger partial charge in [0, 0.05) is 5.92 Å². The van der Waals surface area contributed by atoms with Crippen LogP contribution in [0.2, 0.25) is 0 Å². The molecule has 0 aromatic heterocycles. The van der Waals surface area contributed by atoms with Gasteiger partial charge in [-0.1, -0.05) is 24.6 Å². The van der Waals surface area contributed by atoms with Crippen molar-refractivity contribution in [3.8, 4) is 0 Å². The normalized spacial score (nSPS) is 39.4. The number of ether oxygens (including phenoxy) is 1. The van der Waals surface area contributed by atoms with E-state index in [4.69, 9.17) is 4.74 Å². The molecule has 0 saturated carbocycles. The first kappa shape index (κ1) is 10.5. The number of hydrogen-bond acceptors (Lipinski definition) is 2. The maximum Gasteiger partial charge on any atom is 0.309 e. The highest BCUT2D eigenvalue weighted by molar-refractivity contribution is 5.75. The molecule has 0 radical (unpaired) electrons. The molecule has 1 heterocycles. The van der Waals surface area contributed by atoms with E-state index < -0.39 is 0 Å². The molecule has 2 rings (SSSR count). The van der Waals surface area contributed by atoms with Crippen molar-refractivity contribution in [3.05, 3.63) is 23.8 Å². The number of carbonyl (C=O) groups is 1. The summed E-state index contributed by atoms with van der Waals surface area (Å²) in [5.74, 6) is 0.670. The lowest BCUT2D eigenvalue weighted by Crippen LogP contribution is -2.31. The Morgan fingerprint density at radius 3 is 2.87 bits per heavy atom. The van der Waals surface area contributed by atoms with Crippen LogP contribution in [-0.2, 0) is 9.53 Å². The van der Waals surface area contributed by atoms with Gasteiger partial charge in [0.2, 0.25) is 0 Å². The van der Waals surface area contributed by atoms with Crippen molar-refractivity contribution in [1.82, 2.24) is 0 Å². The van der Waals surface area contributed by atoms with E-state index in [1.165, 1.54) is 11.1 Å². The topological polar surface area (TPSA) is 26.3 Å². The summed E-state index contributed by atoms with van der Waals surface area (Å²) >= 11 is 0. The zero-order chi connectivity index (χ0) is 11.2. The summed E-state index contributed by atoms with van der Waals surface area (Å²) in [4.78, 5) is 11.5. The van der Waals surface area contributed by atoms with Gasteiger partial charge in [0.1, 0.15) is 6.10 Å². The Labute approximate surface area is 91.0 Å². The summed E-state index contributed by atoms with van der Waals surface area (Å²) in [5.41, 5.74) is 2.48. The second-order valence-corrected chi connectivity index (χ2v) is 4.94. The van der Waals surface area contributed by atoms with Gasteiger partial charge in [-0.2, -0.15) is 0 Å². The third kappa shape index (κ3) is 1.62. The van der Waals surface area contributed by atoms with Crippen LogP contribution in [0.15, 0.2) is 23.8 Å². The third-order valence-corrected chi connectivity index (χ3v) is 3.67. The Balaban J connectivity index is 2.34. The Bertz CT molecular complexity index is 340. The van der Waals surface area contributed by atoms with Crippen molar-refractivity contribution in [2.45, 2.75) is 33.3 Å². The van der Waals surface area contributed by atoms with Crippen LogP contribution < -0.4 is 0 Å². The Morgan fingerprint density at radius 1 is 1.60 bits per heavy atom. The molecule has 0 amide bonds. The minimum atomic E-state index is -0.0535. The molecule has 2 aliphatic rings. The van der Waals surface area contributed by atoms with Crippen LogP contribution in [0.25, 0.3) is 0 Å². The van der Waals surface area contributed by atoms with Gasteiger partial charge in [-0.25, -0.2) is 0 Å². The standard InChI is InChI=1S/C13H18O2/c1-7(2)10-5-8(3)6-11-12(10)9(4)13(14)15-11/h6,9-12H,1,5H2,2-4H3/t9-,10+,11-,12+/m1/s1. The lowest BCUT2D eigenvalue weighted by atomic mass is 9.71. The number of rotatable bonds is 1. The summed E-state index contributed by atoms with van der Waals surface area (Å²) < 4.78 is 5.37. The van der Waals surface area contributed by atoms with Crippen molar-refractivity contribution in [2.75, 3.05) is 0 Å². The van der Waals surface area contributed by atoms with Crippen LogP contribution in [0.3, 0.4) is 0 Å². The average Bonchev–Trinajstić information content (AvgIpc) is 2.41. The van der Waals surface area contributed by atoms with Crippen LogP contribution in [0.1, 0.15) is 27.2 Å². The van der Waals surface area contributed by atoms with Gasteiger partial charge in [-0.3, -0.25) is 4.79 Å². The van der Waals surface area contributed by atoms with E-state index in [1.54, 1.807) is 0 Å². The van der Waals surface area contributed by atoms with Crippen LogP contribution >= 0.6 is 0 Å². The monoisotopic (exact) mass is 206 g/mol. The maximum atomic E-state index is 11.5. The van der Waals surface area contributed by atoms with Crippen LogP contribution in [0.5, 0.6) is 0 Å². The predicted octanol–water partition coefficient (Wildman–Crippen LogP) is 2.71. The fraction of sp³-hybridized carbons (Fsp3) is 0.615. The van der Waals surface area contributed by atoms with Gasteiger partial charge in [0.05, 0.1) is 5.92 Å². The third-order valence-electron chi connectivity index (χ3n) is 3.67.